The molecule has 0 spiro atoms. The van der Waals surface area contributed by atoms with Crippen LogP contribution in [0.5, 0.6) is 11.5 Å². The fourth-order valence-corrected chi connectivity index (χ4v) is 3.21. The lowest BCUT2D eigenvalue weighted by atomic mass is 10.1. The highest BCUT2D eigenvalue weighted by Gasteiger charge is 2.20. The second-order valence-electron chi connectivity index (χ2n) is 7.18. The van der Waals surface area contributed by atoms with Gasteiger partial charge in [0.25, 0.3) is 0 Å². The number of ether oxygens (including phenoxy) is 2. The fraction of sp³-hybridized carbons (Fsp3) is 0.348. The normalized spacial score (nSPS) is 13.1. The van der Waals surface area contributed by atoms with Crippen molar-refractivity contribution in [2.45, 2.75) is 26.0 Å². The predicted molar refractivity (Wildman–Crippen MR) is 113 cm³/mol. The van der Waals surface area contributed by atoms with E-state index < -0.39 is 6.10 Å². The highest BCUT2D eigenvalue weighted by Crippen LogP contribution is 2.24. The number of hydrogen-bond acceptors (Lipinski definition) is 5. The molecule has 29 heavy (non-hydrogen) atoms. The summed E-state index contributed by atoms with van der Waals surface area (Å²) in [7, 11) is 3.61. The van der Waals surface area contributed by atoms with Crippen molar-refractivity contribution < 1.29 is 14.6 Å². The molecule has 154 valence electrons. The lowest BCUT2D eigenvalue weighted by molar-refractivity contribution is 0.104. The Labute approximate surface area is 172 Å². The molecule has 6 heteroatoms. The maximum absolute atomic E-state index is 10.5. The van der Waals surface area contributed by atoms with Gasteiger partial charge in [-0.05, 0) is 48.7 Å². The molecule has 3 rings (SSSR count). The van der Waals surface area contributed by atoms with Crippen LogP contribution in [0.15, 0.2) is 54.9 Å². The summed E-state index contributed by atoms with van der Waals surface area (Å²) in [5.41, 5.74) is 3.28. The first-order valence-electron chi connectivity index (χ1n) is 9.71. The molecule has 1 aromatic heterocycles. The average Bonchev–Trinajstić information content (AvgIpc) is 3.15. The van der Waals surface area contributed by atoms with Gasteiger partial charge in [-0.1, -0.05) is 24.3 Å². The summed E-state index contributed by atoms with van der Waals surface area (Å²) in [5, 5.41) is 13.9. The summed E-state index contributed by atoms with van der Waals surface area (Å²) in [6, 6.07) is 13.6. The van der Waals surface area contributed by atoms with Gasteiger partial charge in [-0.3, -0.25) is 0 Å². The van der Waals surface area contributed by atoms with Gasteiger partial charge in [0, 0.05) is 26.0 Å². The first-order valence-corrected chi connectivity index (χ1v) is 9.71. The summed E-state index contributed by atoms with van der Waals surface area (Å²) in [4.78, 5) is 4.49. The molecule has 0 aliphatic heterocycles. The molecule has 0 radical (unpaired) electrons. The average molecular weight is 396 g/mol. The van der Waals surface area contributed by atoms with Gasteiger partial charge in [-0.2, -0.15) is 0 Å². The summed E-state index contributed by atoms with van der Waals surface area (Å²) >= 11 is 0. The van der Waals surface area contributed by atoms with E-state index in [1.54, 1.807) is 13.3 Å². The van der Waals surface area contributed by atoms with Crippen LogP contribution in [0.25, 0.3) is 0 Å². The van der Waals surface area contributed by atoms with Crippen LogP contribution in [-0.2, 0) is 7.05 Å². The molecule has 0 aliphatic rings. The zero-order chi connectivity index (χ0) is 20.8. The zero-order valence-electron chi connectivity index (χ0n) is 17.4. The predicted octanol–water partition coefficient (Wildman–Crippen LogP) is 3.16. The van der Waals surface area contributed by atoms with Crippen molar-refractivity contribution in [3.63, 3.8) is 0 Å². The number of aromatic nitrogens is 2. The number of nitrogens with one attached hydrogen (secondary N) is 1. The highest BCUT2D eigenvalue weighted by molar-refractivity contribution is 5.38. The fourth-order valence-electron chi connectivity index (χ4n) is 3.21. The number of rotatable bonds is 9. The van der Waals surface area contributed by atoms with Gasteiger partial charge in [-0.25, -0.2) is 4.98 Å². The van der Waals surface area contributed by atoms with Crippen molar-refractivity contribution >= 4 is 0 Å². The summed E-state index contributed by atoms with van der Waals surface area (Å²) < 4.78 is 13.2. The number of hydrogen-bond donors (Lipinski definition) is 2. The second-order valence-corrected chi connectivity index (χ2v) is 7.18. The van der Waals surface area contributed by atoms with E-state index in [0.717, 1.165) is 28.5 Å². The number of methoxy groups -OCH3 is 1. The van der Waals surface area contributed by atoms with Crippen LogP contribution in [0.3, 0.4) is 0 Å². The van der Waals surface area contributed by atoms with Gasteiger partial charge >= 0.3 is 0 Å². The zero-order valence-corrected chi connectivity index (χ0v) is 17.4. The molecule has 6 nitrogen and oxygen atoms in total. The highest BCUT2D eigenvalue weighted by atomic mass is 16.5. The molecule has 0 bridgehead atoms. The molecule has 0 aliphatic carbocycles. The third-order valence-corrected chi connectivity index (χ3v) is 5.09. The Balaban J connectivity index is 1.68. The lowest BCUT2D eigenvalue weighted by Gasteiger charge is -2.22. The van der Waals surface area contributed by atoms with Crippen LogP contribution in [0, 0.1) is 13.8 Å². The van der Waals surface area contributed by atoms with Crippen LogP contribution in [0.1, 0.15) is 28.6 Å². The molecular formula is C23H29N3O3. The van der Waals surface area contributed by atoms with Crippen molar-refractivity contribution in [2.24, 2.45) is 7.05 Å². The molecule has 0 saturated heterocycles. The Morgan fingerprint density at radius 1 is 1.17 bits per heavy atom. The van der Waals surface area contributed by atoms with E-state index in [1.807, 2.05) is 74.1 Å². The van der Waals surface area contributed by atoms with Crippen molar-refractivity contribution in [3.8, 4) is 11.5 Å². The van der Waals surface area contributed by atoms with Gasteiger partial charge in [0.1, 0.15) is 30.0 Å². The monoisotopic (exact) mass is 395 g/mol. The minimum absolute atomic E-state index is 0.180. The van der Waals surface area contributed by atoms with Gasteiger partial charge in [0.15, 0.2) is 0 Å². The molecule has 2 unspecified atom stereocenters. The number of imidazole rings is 1. The van der Waals surface area contributed by atoms with Crippen molar-refractivity contribution in [3.05, 3.63) is 77.4 Å². The smallest absolute Gasteiger partial charge is 0.130 e. The van der Waals surface area contributed by atoms with Crippen molar-refractivity contribution in [2.75, 3.05) is 20.3 Å². The first-order chi connectivity index (χ1) is 14.0. The largest absolute Gasteiger partial charge is 0.497 e. The molecule has 2 aromatic carbocycles. The SMILES string of the molecule is COc1cccc(C(NCC(O)COc2cccc(C)c2C)c2nccn2C)c1. The number of benzene rings is 2. The van der Waals surface area contributed by atoms with E-state index in [2.05, 4.69) is 10.3 Å². The Kier molecular flexibility index (Phi) is 6.90. The minimum atomic E-state index is -0.664. The third kappa shape index (κ3) is 5.16. The lowest BCUT2D eigenvalue weighted by Crippen LogP contribution is -2.35. The summed E-state index contributed by atoms with van der Waals surface area (Å²) in [6.07, 6.45) is 3.01. The van der Waals surface area contributed by atoms with Gasteiger partial charge in [-0.15, -0.1) is 0 Å². The molecule has 0 fully saturated rings. The van der Waals surface area contributed by atoms with E-state index in [-0.39, 0.29) is 12.6 Å². The molecule has 2 N–H and O–H groups in total. The molecule has 0 amide bonds. The Hall–Kier alpha value is -2.83. The van der Waals surface area contributed by atoms with E-state index in [9.17, 15) is 5.11 Å². The van der Waals surface area contributed by atoms with Crippen LogP contribution in [0.2, 0.25) is 0 Å². The summed E-state index contributed by atoms with van der Waals surface area (Å²) in [5.74, 6) is 2.45. The van der Waals surface area contributed by atoms with Gasteiger partial charge in [0.05, 0.1) is 13.2 Å². The van der Waals surface area contributed by atoms with Gasteiger partial charge < -0.3 is 24.5 Å². The van der Waals surface area contributed by atoms with E-state index in [1.165, 1.54) is 5.56 Å². The Morgan fingerprint density at radius 3 is 2.69 bits per heavy atom. The number of aryl methyl sites for hydroxylation is 2. The molecule has 1 heterocycles. The van der Waals surface area contributed by atoms with Crippen molar-refractivity contribution in [1.29, 1.82) is 0 Å². The summed E-state index contributed by atoms with van der Waals surface area (Å²) in [6.45, 7) is 4.64. The van der Waals surface area contributed by atoms with Crippen molar-refractivity contribution in [1.82, 2.24) is 14.9 Å². The van der Waals surface area contributed by atoms with Gasteiger partial charge in [0.2, 0.25) is 0 Å². The maximum Gasteiger partial charge on any atom is 0.130 e. The first kappa shape index (κ1) is 20.9. The minimum Gasteiger partial charge on any atom is -0.497 e. The molecule has 0 saturated carbocycles. The second kappa shape index (κ2) is 9.58. The van der Waals surface area contributed by atoms with E-state index >= 15 is 0 Å². The Bertz CT molecular complexity index is 939. The molecule has 2 atom stereocenters. The third-order valence-electron chi connectivity index (χ3n) is 5.09. The standard InChI is InChI=1S/C23H29N3O3/c1-16-7-5-10-21(17(16)2)29-15-19(27)14-25-22(23-24-11-12-26(23)3)18-8-6-9-20(13-18)28-4/h5-13,19,22,25,27H,14-15H2,1-4H3. The van der Waals surface area contributed by atoms with E-state index in [0.29, 0.717) is 6.54 Å². The number of aliphatic hydroxyl groups is 1. The van der Waals surface area contributed by atoms with Crippen LogP contribution < -0.4 is 14.8 Å². The van der Waals surface area contributed by atoms with Crippen LogP contribution >= 0.6 is 0 Å². The van der Waals surface area contributed by atoms with Crippen LogP contribution in [-0.4, -0.2) is 41.0 Å². The number of aliphatic hydroxyl groups excluding tert-OH is 1. The topological polar surface area (TPSA) is 68.5 Å². The molecular weight excluding hydrogens is 366 g/mol. The quantitative estimate of drug-likeness (QED) is 0.583. The van der Waals surface area contributed by atoms with Crippen LogP contribution in [0.4, 0.5) is 0 Å². The Morgan fingerprint density at radius 2 is 1.97 bits per heavy atom. The molecule has 3 aromatic rings. The number of nitrogens with zero attached hydrogens (tertiary/aromatic N) is 2. The maximum atomic E-state index is 10.5. The van der Waals surface area contributed by atoms with E-state index in [4.69, 9.17) is 9.47 Å².